The van der Waals surface area contributed by atoms with Crippen LogP contribution in [0.4, 0.5) is 0 Å². The number of carboxylic acids is 3. The predicted molar refractivity (Wildman–Crippen MR) is 102 cm³/mol. The molecular formula is C15H36CeN6O6. The van der Waals surface area contributed by atoms with E-state index in [0.717, 1.165) is 0 Å². The van der Waals surface area contributed by atoms with Crippen molar-refractivity contribution in [1.29, 1.82) is 0 Å². The van der Waals surface area contributed by atoms with Crippen molar-refractivity contribution in [1.82, 2.24) is 0 Å². The Bertz CT molecular complexity index is 348. The van der Waals surface area contributed by atoms with Crippen LogP contribution in [0.3, 0.4) is 0 Å². The van der Waals surface area contributed by atoms with Crippen LogP contribution in [0.25, 0.3) is 0 Å². The molecule has 0 aromatic rings. The molecule has 0 aromatic carbocycles. The van der Waals surface area contributed by atoms with Crippen molar-refractivity contribution in [3.8, 4) is 0 Å². The Hall–Kier alpha value is -0.453. The average Bonchev–Trinajstić information content (AvgIpc) is 2.62. The second-order valence-electron chi connectivity index (χ2n) is 5.63. The Morgan fingerprint density at radius 2 is 0.750 bits per heavy atom. The molecule has 0 aliphatic carbocycles. The summed E-state index contributed by atoms with van der Waals surface area (Å²) < 4.78 is 0. The summed E-state index contributed by atoms with van der Waals surface area (Å²) in [5, 5.41) is 24.7. The number of nitrogens with two attached hydrogens (primary N) is 6. The smallest absolute Gasteiger partial charge is 0.320 e. The maximum absolute atomic E-state index is 10.0. The number of carboxylic acid groups (broad SMARTS) is 3. The fourth-order valence-corrected chi connectivity index (χ4v) is 1.38. The van der Waals surface area contributed by atoms with Crippen LogP contribution in [0.2, 0.25) is 0 Å². The number of hydrogen-bond acceptors (Lipinski definition) is 9. The van der Waals surface area contributed by atoms with Gasteiger partial charge in [-0.25, -0.2) is 0 Å². The molecule has 12 nitrogen and oxygen atoms in total. The van der Waals surface area contributed by atoms with Crippen molar-refractivity contribution < 1.29 is 71.5 Å². The molecule has 0 saturated heterocycles. The normalized spacial score (nSPS) is 12.6. The summed E-state index contributed by atoms with van der Waals surface area (Å²) in [6.07, 6.45) is 3.41. The summed E-state index contributed by atoms with van der Waals surface area (Å²) in [5.41, 5.74) is 30.8. The minimum absolute atomic E-state index is 0. The quantitative estimate of drug-likeness (QED) is 0.124. The standard InChI is InChI=1S/3C5H12N2O2.Ce/c3*6-3-1-2-4(7)5(8)9;/h3*4H,1-3,6-7H2,(H,8,9);/t3*4-;/m000./s1. The van der Waals surface area contributed by atoms with E-state index in [1.807, 2.05) is 0 Å². The van der Waals surface area contributed by atoms with E-state index in [4.69, 9.17) is 49.7 Å². The summed E-state index contributed by atoms with van der Waals surface area (Å²) in [4.78, 5) is 30.1. The number of carbonyl (C=O) groups is 3. The third-order valence-corrected chi connectivity index (χ3v) is 3.11. The van der Waals surface area contributed by atoms with E-state index >= 15 is 0 Å². The average molecular weight is 537 g/mol. The van der Waals surface area contributed by atoms with Gasteiger partial charge < -0.3 is 49.7 Å². The van der Waals surface area contributed by atoms with Crippen LogP contribution in [-0.2, 0) is 14.4 Å². The van der Waals surface area contributed by atoms with Crippen molar-refractivity contribution in [3.05, 3.63) is 0 Å². The van der Waals surface area contributed by atoms with Gasteiger partial charge >= 0.3 is 17.9 Å². The Morgan fingerprint density at radius 1 is 0.571 bits per heavy atom. The summed E-state index contributed by atoms with van der Waals surface area (Å²) in [6, 6.07) is -2.23. The summed E-state index contributed by atoms with van der Waals surface area (Å²) >= 11 is 0. The molecule has 28 heavy (non-hydrogen) atoms. The molecule has 0 fully saturated rings. The maximum atomic E-state index is 10.0. The van der Waals surface area contributed by atoms with Crippen LogP contribution in [0, 0.1) is 41.7 Å². The Labute approximate surface area is 199 Å². The zero-order chi connectivity index (χ0) is 21.8. The first kappa shape index (κ1) is 35.0. The molecular weight excluding hydrogens is 500 g/mol. The van der Waals surface area contributed by atoms with Gasteiger partial charge in [-0.15, -0.1) is 0 Å². The monoisotopic (exact) mass is 536 g/mol. The Balaban J connectivity index is -0.000000152. The molecule has 0 heterocycles. The van der Waals surface area contributed by atoms with E-state index < -0.39 is 36.0 Å². The third-order valence-electron chi connectivity index (χ3n) is 3.11. The van der Waals surface area contributed by atoms with Crippen molar-refractivity contribution in [2.24, 2.45) is 34.4 Å². The third kappa shape index (κ3) is 27.8. The van der Waals surface area contributed by atoms with E-state index in [9.17, 15) is 14.4 Å². The molecule has 166 valence electrons. The summed E-state index contributed by atoms with van der Waals surface area (Å²) in [5.74, 6) is -2.87. The van der Waals surface area contributed by atoms with Gasteiger partial charge in [0.1, 0.15) is 18.1 Å². The van der Waals surface area contributed by atoms with E-state index in [2.05, 4.69) is 0 Å². The fraction of sp³-hybridized carbons (Fsp3) is 0.800. The molecule has 0 aliphatic heterocycles. The maximum Gasteiger partial charge on any atom is 0.320 e. The molecule has 0 unspecified atom stereocenters. The van der Waals surface area contributed by atoms with Crippen molar-refractivity contribution in [3.63, 3.8) is 0 Å². The van der Waals surface area contributed by atoms with Gasteiger partial charge in [-0.05, 0) is 58.2 Å². The van der Waals surface area contributed by atoms with Crippen LogP contribution in [0.15, 0.2) is 0 Å². The molecule has 0 saturated carbocycles. The summed E-state index contributed by atoms with van der Waals surface area (Å²) in [6.45, 7) is 1.50. The molecule has 15 N–H and O–H groups in total. The molecule has 0 bridgehead atoms. The van der Waals surface area contributed by atoms with Gasteiger partial charge in [-0.3, -0.25) is 14.4 Å². The number of hydrogen-bond donors (Lipinski definition) is 9. The van der Waals surface area contributed by atoms with Gasteiger partial charge in [0.05, 0.1) is 0 Å². The molecule has 0 spiro atoms. The van der Waals surface area contributed by atoms with E-state index in [0.29, 0.717) is 58.2 Å². The van der Waals surface area contributed by atoms with Gasteiger partial charge in [0.15, 0.2) is 0 Å². The van der Waals surface area contributed by atoms with E-state index in [1.165, 1.54) is 0 Å². The molecule has 3 atom stereocenters. The second kappa shape index (κ2) is 24.6. The van der Waals surface area contributed by atoms with Crippen LogP contribution >= 0.6 is 0 Å². The predicted octanol–water partition coefficient (Wildman–Crippen LogP) is -2.59. The minimum atomic E-state index is -0.955. The first-order valence-electron chi connectivity index (χ1n) is 8.60. The molecule has 13 heteroatoms. The topological polar surface area (TPSA) is 268 Å². The minimum Gasteiger partial charge on any atom is -0.480 e. The van der Waals surface area contributed by atoms with E-state index in [1.54, 1.807) is 0 Å². The Kier molecular flexibility index (Phi) is 30.7. The van der Waals surface area contributed by atoms with Crippen LogP contribution in [0.1, 0.15) is 38.5 Å². The van der Waals surface area contributed by atoms with Crippen LogP contribution < -0.4 is 34.4 Å². The molecule has 0 rings (SSSR count). The molecule has 0 radical (unpaired) electrons. The van der Waals surface area contributed by atoms with Crippen LogP contribution in [0.5, 0.6) is 0 Å². The van der Waals surface area contributed by atoms with Crippen molar-refractivity contribution >= 4 is 17.9 Å². The van der Waals surface area contributed by atoms with Gasteiger partial charge in [0.25, 0.3) is 0 Å². The van der Waals surface area contributed by atoms with Gasteiger partial charge in [0.2, 0.25) is 0 Å². The largest absolute Gasteiger partial charge is 0.480 e. The SMILES string of the molecule is NCCC[C@H](N)C(=O)O.NCCC[C@H](N)C(=O)O.NCCC[C@H](N)C(=O)O.[Ce]. The Morgan fingerprint density at radius 3 is 0.857 bits per heavy atom. The van der Waals surface area contributed by atoms with E-state index in [-0.39, 0.29) is 41.7 Å². The molecule has 0 amide bonds. The van der Waals surface area contributed by atoms with Crippen molar-refractivity contribution in [2.75, 3.05) is 19.6 Å². The molecule has 0 aliphatic rings. The van der Waals surface area contributed by atoms with Gasteiger partial charge in [-0.2, -0.15) is 0 Å². The fourth-order valence-electron chi connectivity index (χ4n) is 1.38. The van der Waals surface area contributed by atoms with Crippen molar-refractivity contribution in [2.45, 2.75) is 56.7 Å². The van der Waals surface area contributed by atoms with Gasteiger partial charge in [-0.1, -0.05) is 0 Å². The van der Waals surface area contributed by atoms with Gasteiger partial charge in [0, 0.05) is 41.7 Å². The molecule has 0 aromatic heterocycles. The number of aliphatic carboxylic acids is 3. The zero-order valence-corrected chi connectivity index (χ0v) is 19.3. The first-order valence-corrected chi connectivity index (χ1v) is 8.60. The second-order valence-corrected chi connectivity index (χ2v) is 5.63. The summed E-state index contributed by atoms with van der Waals surface area (Å²) in [7, 11) is 0. The first-order chi connectivity index (χ1) is 12.5. The van der Waals surface area contributed by atoms with Crippen LogP contribution in [-0.4, -0.2) is 71.0 Å². The number of rotatable bonds is 12. The zero-order valence-electron chi connectivity index (χ0n) is 16.1.